The summed E-state index contributed by atoms with van der Waals surface area (Å²) in [6.07, 6.45) is 8.93. The van der Waals surface area contributed by atoms with E-state index in [-0.39, 0.29) is 5.43 Å². The maximum atomic E-state index is 13.5. The van der Waals surface area contributed by atoms with Gasteiger partial charge in [0.2, 0.25) is 0 Å². The predicted molar refractivity (Wildman–Crippen MR) is 113 cm³/mol. The van der Waals surface area contributed by atoms with Crippen molar-refractivity contribution >= 4 is 28.0 Å². The van der Waals surface area contributed by atoms with Crippen LogP contribution < -0.4 is 15.8 Å². The van der Waals surface area contributed by atoms with Crippen molar-refractivity contribution in [3.05, 3.63) is 55.2 Å². The van der Waals surface area contributed by atoms with Gasteiger partial charge in [-0.3, -0.25) is 4.79 Å². The molecule has 0 bridgehead atoms. The third-order valence-electron chi connectivity index (χ3n) is 5.89. The van der Waals surface area contributed by atoms with Crippen molar-refractivity contribution in [1.82, 2.24) is 0 Å². The Morgan fingerprint density at radius 1 is 1.03 bits per heavy atom. The van der Waals surface area contributed by atoms with Gasteiger partial charge in [0, 0.05) is 18.1 Å². The zero-order valence-electron chi connectivity index (χ0n) is 17.0. The highest BCUT2D eigenvalue weighted by Gasteiger charge is 2.31. The van der Waals surface area contributed by atoms with E-state index in [0.29, 0.717) is 35.1 Å². The van der Waals surface area contributed by atoms with E-state index in [1.54, 1.807) is 0 Å². The average molecular weight is 392 g/mol. The quantitative estimate of drug-likeness (QED) is 0.458. The Labute approximate surface area is 168 Å². The first kappa shape index (κ1) is 18.2. The van der Waals surface area contributed by atoms with E-state index in [1.807, 2.05) is 26.0 Å². The van der Waals surface area contributed by atoms with Gasteiger partial charge in [-0.1, -0.05) is 13.3 Å². The molecule has 2 aromatic heterocycles. The second-order valence-electron chi connectivity index (χ2n) is 8.57. The van der Waals surface area contributed by atoms with Gasteiger partial charge < -0.3 is 13.6 Å². The molecule has 150 valence electrons. The van der Waals surface area contributed by atoms with E-state index >= 15 is 0 Å². The van der Waals surface area contributed by atoms with E-state index in [4.69, 9.17) is 13.6 Å². The van der Waals surface area contributed by atoms with Gasteiger partial charge in [-0.15, -0.1) is 0 Å². The molecule has 0 amide bonds. The Morgan fingerprint density at radius 2 is 1.83 bits per heavy atom. The lowest BCUT2D eigenvalue weighted by Crippen LogP contribution is -2.28. The van der Waals surface area contributed by atoms with Crippen LogP contribution in [-0.2, 0) is 19.3 Å². The average Bonchev–Trinajstić information content (AvgIpc) is 2.67. The van der Waals surface area contributed by atoms with Crippen LogP contribution in [0.15, 0.2) is 30.6 Å². The van der Waals surface area contributed by atoms with Crippen LogP contribution in [0.4, 0.5) is 0 Å². The summed E-state index contributed by atoms with van der Waals surface area (Å²) in [7, 11) is 0. The first-order chi connectivity index (χ1) is 13.9. The van der Waals surface area contributed by atoms with Crippen LogP contribution in [0.2, 0.25) is 0 Å². The number of ether oxygens (including phenoxy) is 1. The maximum Gasteiger partial charge on any atom is 0.336 e. The molecule has 3 aromatic rings. The molecule has 29 heavy (non-hydrogen) atoms. The highest BCUT2D eigenvalue weighted by molar-refractivity contribution is 6.11. The van der Waals surface area contributed by atoms with Crippen LogP contribution in [0.1, 0.15) is 62.5 Å². The minimum Gasteiger partial charge on any atom is -0.482 e. The molecule has 0 saturated heterocycles. The van der Waals surface area contributed by atoms with Crippen molar-refractivity contribution in [1.29, 1.82) is 0 Å². The standard InChI is InChI=1S/C24H24O5/c1-4-7-13-12-17(25)28-23-18(13)22-15(10-11-24(2,3)29-22)21-19(23)20(26)14-8-5-6-9-16(14)27-21/h10-12H,4-9H2,1-3H3. The summed E-state index contributed by atoms with van der Waals surface area (Å²) in [6, 6.07) is 1.52. The zero-order valence-corrected chi connectivity index (χ0v) is 17.0. The van der Waals surface area contributed by atoms with Crippen molar-refractivity contribution in [2.24, 2.45) is 0 Å². The fraction of sp³-hybridized carbons (Fsp3) is 0.417. The Kier molecular flexibility index (Phi) is 3.99. The molecule has 3 heterocycles. The van der Waals surface area contributed by atoms with Gasteiger partial charge in [0.1, 0.15) is 22.5 Å². The van der Waals surface area contributed by atoms with Crippen LogP contribution in [-0.4, -0.2) is 5.60 Å². The van der Waals surface area contributed by atoms with Crippen molar-refractivity contribution in [3.8, 4) is 5.75 Å². The monoisotopic (exact) mass is 392 g/mol. The van der Waals surface area contributed by atoms with E-state index in [0.717, 1.165) is 53.5 Å². The second kappa shape index (κ2) is 6.34. The van der Waals surface area contributed by atoms with Crippen molar-refractivity contribution in [2.75, 3.05) is 0 Å². The minimum atomic E-state index is -0.512. The van der Waals surface area contributed by atoms with E-state index in [9.17, 15) is 9.59 Å². The Hall–Kier alpha value is -2.82. The number of hydrogen-bond acceptors (Lipinski definition) is 5. The predicted octanol–water partition coefficient (Wildman–Crippen LogP) is 4.91. The molecule has 5 rings (SSSR count). The molecule has 0 fully saturated rings. The first-order valence-corrected chi connectivity index (χ1v) is 10.4. The summed E-state index contributed by atoms with van der Waals surface area (Å²) in [4.78, 5) is 25.9. The van der Waals surface area contributed by atoms with E-state index in [2.05, 4.69) is 6.92 Å². The zero-order chi connectivity index (χ0) is 20.3. The lowest BCUT2D eigenvalue weighted by atomic mass is 9.91. The molecule has 0 spiro atoms. The number of benzene rings is 1. The lowest BCUT2D eigenvalue weighted by Gasteiger charge is -2.30. The number of aryl methyl sites for hydroxylation is 2. The van der Waals surface area contributed by atoms with Gasteiger partial charge >= 0.3 is 5.63 Å². The topological polar surface area (TPSA) is 69.7 Å². The Morgan fingerprint density at radius 3 is 2.62 bits per heavy atom. The fourth-order valence-corrected chi connectivity index (χ4v) is 4.56. The SMILES string of the molecule is CCCc1cc(=O)oc2c1c1c(c3oc4c(c(=O)c32)CCCC4)C=CC(C)(C)O1. The van der Waals surface area contributed by atoms with Crippen molar-refractivity contribution in [2.45, 2.75) is 64.9 Å². The van der Waals surface area contributed by atoms with Crippen LogP contribution in [0.25, 0.3) is 28.0 Å². The van der Waals surface area contributed by atoms with Gasteiger partial charge in [0.05, 0.1) is 10.9 Å². The normalized spacial score (nSPS) is 17.2. The molecular weight excluding hydrogens is 368 g/mol. The molecule has 0 N–H and O–H groups in total. The van der Waals surface area contributed by atoms with Crippen LogP contribution in [0.5, 0.6) is 5.75 Å². The molecule has 5 heteroatoms. The van der Waals surface area contributed by atoms with Gasteiger partial charge in [0.15, 0.2) is 16.6 Å². The molecule has 1 aliphatic carbocycles. The van der Waals surface area contributed by atoms with Crippen LogP contribution in [0.3, 0.4) is 0 Å². The first-order valence-electron chi connectivity index (χ1n) is 10.4. The lowest BCUT2D eigenvalue weighted by molar-refractivity contribution is 0.161. The number of hydrogen-bond donors (Lipinski definition) is 0. The minimum absolute atomic E-state index is 0.0798. The fourth-order valence-electron chi connectivity index (χ4n) is 4.56. The summed E-state index contributed by atoms with van der Waals surface area (Å²) >= 11 is 0. The van der Waals surface area contributed by atoms with Crippen LogP contribution in [0, 0.1) is 0 Å². The summed E-state index contributed by atoms with van der Waals surface area (Å²) < 4.78 is 18.3. The van der Waals surface area contributed by atoms with Crippen molar-refractivity contribution < 1.29 is 13.6 Å². The highest BCUT2D eigenvalue weighted by Crippen LogP contribution is 2.44. The van der Waals surface area contributed by atoms with Gasteiger partial charge in [0.25, 0.3) is 0 Å². The smallest absolute Gasteiger partial charge is 0.336 e. The van der Waals surface area contributed by atoms with Crippen LogP contribution >= 0.6 is 0 Å². The summed E-state index contributed by atoms with van der Waals surface area (Å²) in [5.41, 5.74) is 2.03. The number of fused-ring (bicyclic) bond motifs is 7. The molecule has 1 aromatic carbocycles. The largest absolute Gasteiger partial charge is 0.482 e. The Balaban J connectivity index is 2.04. The Bertz CT molecular complexity index is 1300. The third kappa shape index (κ3) is 2.75. The highest BCUT2D eigenvalue weighted by atomic mass is 16.5. The summed E-state index contributed by atoms with van der Waals surface area (Å²) in [5, 5.41) is 1.08. The summed E-state index contributed by atoms with van der Waals surface area (Å²) in [5.74, 6) is 1.38. The van der Waals surface area contributed by atoms with E-state index in [1.165, 1.54) is 6.07 Å². The second-order valence-corrected chi connectivity index (χ2v) is 8.57. The molecule has 0 atom stereocenters. The van der Waals surface area contributed by atoms with E-state index < -0.39 is 11.2 Å². The molecule has 1 aliphatic heterocycles. The maximum absolute atomic E-state index is 13.5. The molecule has 2 aliphatic rings. The van der Waals surface area contributed by atoms with Gasteiger partial charge in [-0.25, -0.2) is 4.79 Å². The molecule has 0 radical (unpaired) electrons. The molecule has 0 unspecified atom stereocenters. The molecule has 5 nitrogen and oxygen atoms in total. The van der Waals surface area contributed by atoms with Crippen molar-refractivity contribution in [3.63, 3.8) is 0 Å². The molecular formula is C24H24O5. The van der Waals surface area contributed by atoms with Gasteiger partial charge in [-0.2, -0.15) is 0 Å². The summed E-state index contributed by atoms with van der Waals surface area (Å²) in [6.45, 7) is 6.01. The molecule has 0 saturated carbocycles. The third-order valence-corrected chi connectivity index (χ3v) is 5.89. The number of rotatable bonds is 2. The van der Waals surface area contributed by atoms with Gasteiger partial charge in [-0.05, 0) is 57.2 Å².